The molecule has 2 aromatic heterocycles. The van der Waals surface area contributed by atoms with Gasteiger partial charge < -0.3 is 23.9 Å². The Hall–Kier alpha value is -1.99. The van der Waals surface area contributed by atoms with Gasteiger partial charge in [0.2, 0.25) is 0 Å². The highest BCUT2D eigenvalue weighted by molar-refractivity contribution is 7.12. The third kappa shape index (κ3) is 3.20. The Morgan fingerprint density at radius 2 is 2.26 bits per heavy atom. The van der Waals surface area contributed by atoms with Gasteiger partial charge in [-0.25, -0.2) is 0 Å². The average Bonchev–Trinajstić information content (AvgIpc) is 3.23. The lowest BCUT2D eigenvalue weighted by atomic mass is 10.1. The molecule has 0 bridgehead atoms. The zero-order valence-corrected chi connectivity index (χ0v) is 13.7. The summed E-state index contributed by atoms with van der Waals surface area (Å²) in [7, 11) is 0. The molecule has 1 amide bonds. The van der Waals surface area contributed by atoms with Gasteiger partial charge in [0, 0.05) is 5.38 Å². The number of hydrogen-bond donors (Lipinski definition) is 1. The minimum atomic E-state index is -0.283. The van der Waals surface area contributed by atoms with E-state index in [0.717, 1.165) is 0 Å². The fourth-order valence-electron chi connectivity index (χ4n) is 2.53. The molecule has 1 N–H and O–H groups in total. The highest BCUT2D eigenvalue weighted by atomic mass is 32.1. The van der Waals surface area contributed by atoms with Crippen molar-refractivity contribution < 1.29 is 23.8 Å². The maximum absolute atomic E-state index is 13.0. The maximum Gasteiger partial charge on any atom is 0.268 e. The van der Waals surface area contributed by atoms with E-state index in [1.54, 1.807) is 22.6 Å². The van der Waals surface area contributed by atoms with Crippen LogP contribution in [-0.2, 0) is 6.54 Å². The summed E-state index contributed by atoms with van der Waals surface area (Å²) in [5.41, 5.74) is 0. The number of carbonyl (C=O) groups excluding carboxylic acids is 1. The van der Waals surface area contributed by atoms with E-state index < -0.39 is 0 Å². The van der Waals surface area contributed by atoms with Crippen molar-refractivity contribution in [1.82, 2.24) is 4.90 Å². The van der Waals surface area contributed by atoms with E-state index in [1.165, 1.54) is 11.3 Å². The Bertz CT molecular complexity index is 647. The highest BCUT2D eigenvalue weighted by Crippen LogP contribution is 2.40. The van der Waals surface area contributed by atoms with Gasteiger partial charge in [-0.3, -0.25) is 4.79 Å². The Labute approximate surface area is 138 Å². The Morgan fingerprint density at radius 3 is 2.96 bits per heavy atom. The molecule has 0 saturated carbocycles. The summed E-state index contributed by atoms with van der Waals surface area (Å²) in [5.74, 6) is 1.61. The topological polar surface area (TPSA) is 72.1 Å². The van der Waals surface area contributed by atoms with Crippen LogP contribution in [0.4, 0.5) is 0 Å². The van der Waals surface area contributed by atoms with Gasteiger partial charge in [0.25, 0.3) is 5.91 Å². The lowest BCUT2D eigenvalue weighted by molar-refractivity contribution is 0.0542. The molecule has 6 nitrogen and oxygen atoms in total. The maximum atomic E-state index is 13.0. The zero-order valence-electron chi connectivity index (χ0n) is 12.9. The molecule has 124 valence electrons. The first-order chi connectivity index (χ1) is 11.2. The second-order valence-electron chi connectivity index (χ2n) is 5.21. The number of furan rings is 1. The predicted molar refractivity (Wildman–Crippen MR) is 85.1 cm³/mol. The molecule has 1 atom stereocenters. The first-order valence-corrected chi connectivity index (χ1v) is 8.43. The zero-order chi connectivity index (χ0) is 16.2. The van der Waals surface area contributed by atoms with Gasteiger partial charge in [-0.2, -0.15) is 0 Å². The second-order valence-corrected chi connectivity index (χ2v) is 6.09. The molecule has 0 spiro atoms. The van der Waals surface area contributed by atoms with E-state index >= 15 is 0 Å². The Balaban J connectivity index is 1.89. The molecule has 7 heteroatoms. The number of thiophene rings is 1. The first-order valence-electron chi connectivity index (χ1n) is 7.55. The average molecular weight is 337 g/mol. The van der Waals surface area contributed by atoms with Crippen LogP contribution in [-0.4, -0.2) is 41.8 Å². The second kappa shape index (κ2) is 7.06. The Kier molecular flexibility index (Phi) is 4.88. The van der Waals surface area contributed by atoms with Crippen molar-refractivity contribution in [2.75, 3.05) is 19.8 Å². The molecule has 1 aliphatic rings. The first kappa shape index (κ1) is 15.9. The van der Waals surface area contributed by atoms with Crippen molar-refractivity contribution in [2.45, 2.75) is 25.9 Å². The molecule has 2 aromatic rings. The highest BCUT2D eigenvalue weighted by Gasteiger charge is 2.30. The van der Waals surface area contributed by atoms with Crippen molar-refractivity contribution >= 4 is 17.2 Å². The molecule has 0 unspecified atom stereocenters. The lowest BCUT2D eigenvalue weighted by Crippen LogP contribution is -2.41. The van der Waals surface area contributed by atoms with Gasteiger partial charge in [0.1, 0.15) is 23.9 Å². The number of ether oxygens (including phenoxy) is 2. The number of aliphatic hydroxyl groups excluding tert-OH is 1. The smallest absolute Gasteiger partial charge is 0.268 e. The third-order valence-electron chi connectivity index (χ3n) is 3.79. The Morgan fingerprint density at radius 1 is 1.43 bits per heavy atom. The fraction of sp³-hybridized carbons (Fsp3) is 0.438. The number of rotatable bonds is 6. The molecule has 0 radical (unpaired) electrons. The van der Waals surface area contributed by atoms with E-state index in [1.807, 2.05) is 13.0 Å². The van der Waals surface area contributed by atoms with Crippen molar-refractivity contribution in [3.8, 4) is 11.5 Å². The van der Waals surface area contributed by atoms with Crippen molar-refractivity contribution in [3.63, 3.8) is 0 Å². The molecule has 0 aromatic carbocycles. The van der Waals surface area contributed by atoms with Gasteiger partial charge in [-0.05, 0) is 18.6 Å². The molecule has 3 rings (SSSR count). The van der Waals surface area contributed by atoms with Gasteiger partial charge >= 0.3 is 0 Å². The van der Waals surface area contributed by atoms with Gasteiger partial charge in [0.15, 0.2) is 11.5 Å². The summed E-state index contributed by atoms with van der Waals surface area (Å²) in [5, 5.41) is 11.4. The summed E-state index contributed by atoms with van der Waals surface area (Å²) >= 11 is 1.30. The standard InChI is InChI=1S/C16H19NO5S/c1-2-11(9-18)17(8-12-4-3-5-20-12)16(19)15-14-13(10-23-15)21-6-7-22-14/h3-5,10-11,18H,2,6-9H2,1H3/t11-/m0/s1. The van der Waals surface area contributed by atoms with E-state index in [2.05, 4.69) is 0 Å². The largest absolute Gasteiger partial charge is 0.485 e. The van der Waals surface area contributed by atoms with Gasteiger partial charge in [0.05, 0.1) is 25.5 Å². The van der Waals surface area contributed by atoms with Gasteiger partial charge in [-0.15, -0.1) is 11.3 Å². The minimum Gasteiger partial charge on any atom is -0.485 e. The van der Waals surface area contributed by atoms with E-state index in [9.17, 15) is 9.90 Å². The normalized spacial score (nSPS) is 14.5. The van der Waals surface area contributed by atoms with Crippen LogP contribution in [0.25, 0.3) is 0 Å². The summed E-state index contributed by atoms with van der Waals surface area (Å²) < 4.78 is 16.5. The quantitative estimate of drug-likeness (QED) is 0.877. The molecule has 0 fully saturated rings. The third-order valence-corrected chi connectivity index (χ3v) is 4.71. The number of carbonyl (C=O) groups is 1. The molecule has 0 aliphatic carbocycles. The molecule has 0 saturated heterocycles. The van der Waals surface area contributed by atoms with Gasteiger partial charge in [-0.1, -0.05) is 6.92 Å². The van der Waals surface area contributed by atoms with Crippen LogP contribution in [0.2, 0.25) is 0 Å². The van der Waals surface area contributed by atoms with Crippen LogP contribution in [0.15, 0.2) is 28.2 Å². The van der Waals surface area contributed by atoms with Crippen molar-refractivity contribution in [2.24, 2.45) is 0 Å². The molecule has 23 heavy (non-hydrogen) atoms. The minimum absolute atomic E-state index is 0.103. The molecular weight excluding hydrogens is 318 g/mol. The van der Waals surface area contributed by atoms with Crippen LogP contribution < -0.4 is 9.47 Å². The summed E-state index contributed by atoms with van der Waals surface area (Å²) in [6, 6.07) is 3.31. The summed E-state index contributed by atoms with van der Waals surface area (Å²) in [6.07, 6.45) is 2.22. The van der Waals surface area contributed by atoms with E-state index in [4.69, 9.17) is 13.9 Å². The number of fused-ring (bicyclic) bond motifs is 1. The predicted octanol–water partition coefficient (Wildman–Crippen LogP) is 2.53. The number of nitrogens with zero attached hydrogens (tertiary/aromatic N) is 1. The van der Waals surface area contributed by atoms with Crippen LogP contribution in [0, 0.1) is 0 Å². The van der Waals surface area contributed by atoms with Crippen LogP contribution in [0.3, 0.4) is 0 Å². The number of hydrogen-bond acceptors (Lipinski definition) is 6. The number of aliphatic hydroxyl groups is 1. The number of amides is 1. The van der Waals surface area contributed by atoms with E-state index in [0.29, 0.717) is 48.3 Å². The van der Waals surface area contributed by atoms with Crippen LogP contribution >= 0.6 is 11.3 Å². The molecule has 3 heterocycles. The van der Waals surface area contributed by atoms with Crippen LogP contribution in [0.5, 0.6) is 11.5 Å². The summed E-state index contributed by atoms with van der Waals surface area (Å²) in [4.78, 5) is 15.1. The molecular formula is C16H19NO5S. The SMILES string of the molecule is CC[C@@H](CO)N(Cc1ccco1)C(=O)c1scc2c1OCCO2. The van der Waals surface area contributed by atoms with Crippen molar-refractivity contribution in [3.05, 3.63) is 34.4 Å². The van der Waals surface area contributed by atoms with Crippen molar-refractivity contribution in [1.29, 1.82) is 0 Å². The summed E-state index contributed by atoms with van der Waals surface area (Å²) in [6.45, 7) is 3.06. The monoisotopic (exact) mass is 337 g/mol. The van der Waals surface area contributed by atoms with Crippen LogP contribution in [0.1, 0.15) is 28.8 Å². The molecule has 1 aliphatic heterocycles. The fourth-order valence-corrected chi connectivity index (χ4v) is 3.41. The van der Waals surface area contributed by atoms with E-state index in [-0.39, 0.29) is 18.6 Å². The lowest BCUT2D eigenvalue weighted by Gasteiger charge is -2.29.